The molecule has 0 atom stereocenters. The smallest absolute Gasteiger partial charge is 0.384 e. The fourth-order valence-corrected chi connectivity index (χ4v) is 1.20. The third kappa shape index (κ3) is 2.30. The highest BCUT2D eigenvalue weighted by Crippen LogP contribution is 2.13. The molecule has 8 nitrogen and oxygen atoms in total. The molecule has 1 aromatic heterocycles. The van der Waals surface area contributed by atoms with Crippen LogP contribution in [0.25, 0.3) is 0 Å². The van der Waals surface area contributed by atoms with Gasteiger partial charge in [0.25, 0.3) is 0 Å². The Labute approximate surface area is 95.4 Å². The zero-order valence-electron chi connectivity index (χ0n) is 8.62. The molecule has 0 aromatic carbocycles. The van der Waals surface area contributed by atoms with E-state index in [1.54, 1.807) is 0 Å². The van der Waals surface area contributed by atoms with Gasteiger partial charge in [0, 0.05) is 0 Å². The fraction of sp³-hybridized carbons (Fsp3) is 0.111. The minimum absolute atomic E-state index is 0.0217. The second-order valence-electron chi connectivity index (χ2n) is 3.21. The largest absolute Gasteiger partial charge is 0.616 e. The molecule has 1 aromatic rings. The molecule has 0 saturated carbocycles. The summed E-state index contributed by atoms with van der Waals surface area (Å²) in [6.45, 7) is 2.97. The average molecular weight is 236 g/mol. The van der Waals surface area contributed by atoms with E-state index in [0.29, 0.717) is 4.74 Å². The van der Waals surface area contributed by atoms with Gasteiger partial charge >= 0.3 is 11.9 Å². The Kier molecular flexibility index (Phi) is 2.61. The van der Waals surface area contributed by atoms with Crippen molar-refractivity contribution >= 4 is 30.8 Å². The van der Waals surface area contributed by atoms with Crippen LogP contribution in [0.15, 0.2) is 21.7 Å². The summed E-state index contributed by atoms with van der Waals surface area (Å²) in [4.78, 5) is 21.9. The fourth-order valence-electron chi connectivity index (χ4n) is 1.20. The number of hydrogen-bond donors (Lipinski definition) is 1. The third-order valence-corrected chi connectivity index (χ3v) is 1.96. The van der Waals surface area contributed by atoms with Crippen LogP contribution in [0.4, 0.5) is 10.7 Å². The number of carbonyl (C=O) groups is 2. The molecular formula is C9H8N4O4. The van der Waals surface area contributed by atoms with Gasteiger partial charge < -0.3 is 9.62 Å². The third-order valence-electron chi connectivity index (χ3n) is 1.96. The van der Waals surface area contributed by atoms with E-state index in [4.69, 9.17) is 4.42 Å². The topological polar surface area (TPSA) is 101 Å². The van der Waals surface area contributed by atoms with Crippen LogP contribution >= 0.6 is 0 Å². The van der Waals surface area contributed by atoms with Crippen molar-refractivity contribution < 1.29 is 18.7 Å². The maximum Gasteiger partial charge on any atom is 0.384 e. The maximum absolute atomic E-state index is 11.1. The average Bonchev–Trinajstić information content (AvgIpc) is 2.82. The number of nitrogens with zero attached hydrogens (tertiary/aromatic N) is 3. The normalized spacial score (nSPS) is 15.6. The van der Waals surface area contributed by atoms with Gasteiger partial charge in [-0.25, -0.2) is 9.80 Å². The quantitative estimate of drug-likeness (QED) is 0.262. The number of furan rings is 1. The molecule has 1 N–H and O–H groups in total. The van der Waals surface area contributed by atoms with Gasteiger partial charge in [0.2, 0.25) is 5.91 Å². The molecule has 0 aliphatic carbocycles. The van der Waals surface area contributed by atoms with Crippen molar-refractivity contribution in [3.8, 4) is 0 Å². The first-order valence-electron chi connectivity index (χ1n) is 4.59. The van der Waals surface area contributed by atoms with Crippen molar-refractivity contribution in [2.45, 2.75) is 0 Å². The molecule has 0 radical (unpaired) electrons. The van der Waals surface area contributed by atoms with Crippen molar-refractivity contribution in [2.24, 2.45) is 5.10 Å². The Bertz CT molecular complexity index is 519. The molecule has 0 spiro atoms. The highest BCUT2D eigenvalue weighted by atomic mass is 16.5. The highest BCUT2D eigenvalue weighted by Gasteiger charge is 2.26. The minimum Gasteiger partial charge on any atom is -0.616 e. The lowest BCUT2D eigenvalue weighted by atomic mass is 10.5. The summed E-state index contributed by atoms with van der Waals surface area (Å²) in [6, 6.07) is 2.31. The van der Waals surface area contributed by atoms with E-state index in [-0.39, 0.29) is 18.2 Å². The molecule has 1 fully saturated rings. The predicted molar refractivity (Wildman–Crippen MR) is 57.0 cm³/mol. The number of imide groups is 1. The van der Waals surface area contributed by atoms with Gasteiger partial charge in [-0.1, -0.05) is 0 Å². The number of hydrazone groups is 1. The summed E-state index contributed by atoms with van der Waals surface area (Å²) in [5.41, 5.74) is 0. The number of rotatable bonds is 3. The molecule has 1 aliphatic heterocycles. The molecule has 0 bridgehead atoms. The second-order valence-corrected chi connectivity index (χ2v) is 3.21. The van der Waals surface area contributed by atoms with Crippen LogP contribution in [0.5, 0.6) is 0 Å². The van der Waals surface area contributed by atoms with Crippen LogP contribution in [0.2, 0.25) is 0 Å². The van der Waals surface area contributed by atoms with Gasteiger partial charge in [-0.2, -0.15) is 5.10 Å². The summed E-state index contributed by atoms with van der Waals surface area (Å²) >= 11 is 0. The van der Waals surface area contributed by atoms with Crippen molar-refractivity contribution in [2.75, 3.05) is 6.54 Å². The maximum atomic E-state index is 11.1. The van der Waals surface area contributed by atoms with E-state index >= 15 is 0 Å². The summed E-state index contributed by atoms with van der Waals surface area (Å²) in [7, 11) is 0. The zero-order valence-corrected chi connectivity index (χ0v) is 8.62. The lowest BCUT2D eigenvalue weighted by molar-refractivity contribution is -0.368. The molecule has 3 amide bonds. The van der Waals surface area contributed by atoms with Gasteiger partial charge in [0.05, 0.1) is 12.3 Å². The first-order valence-corrected chi connectivity index (χ1v) is 4.59. The van der Waals surface area contributed by atoms with Crippen molar-refractivity contribution in [3.05, 3.63) is 23.1 Å². The summed E-state index contributed by atoms with van der Waals surface area (Å²) in [5.74, 6) is -0.124. The van der Waals surface area contributed by atoms with Crippen LogP contribution in [-0.4, -0.2) is 41.2 Å². The van der Waals surface area contributed by atoms with E-state index in [1.165, 1.54) is 18.3 Å². The van der Waals surface area contributed by atoms with Crippen LogP contribution in [0.3, 0.4) is 0 Å². The zero-order chi connectivity index (χ0) is 12.4. The van der Waals surface area contributed by atoms with Crippen LogP contribution in [0, 0.1) is 5.21 Å². The van der Waals surface area contributed by atoms with Crippen LogP contribution in [-0.2, 0) is 4.79 Å². The number of hydrogen-bond acceptors (Lipinski definition) is 5. The standard InChI is InChI=1S/C9H8N4O4/c1-12(16)8-3-2-6(17-8)4-10-13-5-7(14)11-9(13)15/h2-4H,1,5H2,(H,11,14,15)/b10-4+. The van der Waals surface area contributed by atoms with Crippen molar-refractivity contribution in [1.29, 1.82) is 0 Å². The van der Waals surface area contributed by atoms with Gasteiger partial charge in [-0.15, -0.1) is 4.74 Å². The Morgan fingerprint density at radius 2 is 2.35 bits per heavy atom. The van der Waals surface area contributed by atoms with E-state index < -0.39 is 11.9 Å². The number of carbonyl (C=O) groups excluding carboxylic acids is 2. The Hall–Kier alpha value is -2.64. The molecular weight excluding hydrogens is 228 g/mol. The van der Waals surface area contributed by atoms with E-state index in [2.05, 4.69) is 17.1 Å². The van der Waals surface area contributed by atoms with Gasteiger partial charge in [0.15, 0.2) is 5.76 Å². The molecule has 1 aliphatic rings. The summed E-state index contributed by atoms with van der Waals surface area (Å²) in [6.07, 6.45) is 1.23. The highest BCUT2D eigenvalue weighted by molar-refractivity contribution is 6.02. The molecule has 1 saturated heterocycles. The summed E-state index contributed by atoms with van der Waals surface area (Å²) < 4.78 is 5.33. The van der Waals surface area contributed by atoms with Crippen molar-refractivity contribution in [3.63, 3.8) is 0 Å². The monoisotopic (exact) mass is 236 g/mol. The van der Waals surface area contributed by atoms with Gasteiger partial charge in [0.1, 0.15) is 13.3 Å². The minimum atomic E-state index is -0.597. The van der Waals surface area contributed by atoms with Crippen LogP contribution in [0.1, 0.15) is 5.76 Å². The van der Waals surface area contributed by atoms with Gasteiger partial charge in [-0.3, -0.25) is 10.1 Å². The Morgan fingerprint density at radius 1 is 1.59 bits per heavy atom. The van der Waals surface area contributed by atoms with E-state index in [1.807, 2.05) is 0 Å². The van der Waals surface area contributed by atoms with Gasteiger partial charge in [-0.05, 0) is 6.07 Å². The molecule has 88 valence electrons. The number of urea groups is 1. The second kappa shape index (κ2) is 4.08. The number of nitrogens with one attached hydrogen (secondary N) is 1. The van der Waals surface area contributed by atoms with Crippen LogP contribution < -0.4 is 5.32 Å². The Morgan fingerprint density at radius 3 is 2.88 bits per heavy atom. The number of amides is 3. The SMILES string of the molecule is C=[N+]([O-])c1ccc(/C=N/N2CC(=O)NC2=O)o1. The molecule has 2 rings (SSSR count). The Balaban J connectivity index is 2.07. The van der Waals surface area contributed by atoms with E-state index in [0.717, 1.165) is 5.01 Å². The lowest BCUT2D eigenvalue weighted by Gasteiger charge is -2.02. The van der Waals surface area contributed by atoms with E-state index in [9.17, 15) is 14.8 Å². The summed E-state index contributed by atoms with van der Waals surface area (Å²) in [5, 5.41) is 17.5. The molecule has 2 heterocycles. The molecule has 8 heteroatoms. The first-order chi connectivity index (χ1) is 8.06. The predicted octanol–water partition coefficient (Wildman–Crippen LogP) is 0.00770. The molecule has 0 unspecified atom stereocenters. The molecule has 17 heavy (non-hydrogen) atoms. The first kappa shape index (κ1) is 10.9. The van der Waals surface area contributed by atoms with Crippen molar-refractivity contribution in [1.82, 2.24) is 10.3 Å². The lowest BCUT2D eigenvalue weighted by Crippen LogP contribution is -2.24.